The van der Waals surface area contributed by atoms with Crippen LogP contribution < -0.4 is 0 Å². The van der Waals surface area contributed by atoms with Crippen LogP contribution >= 0.6 is 0 Å². The van der Waals surface area contributed by atoms with Crippen LogP contribution in [0.1, 0.15) is 24.8 Å². The van der Waals surface area contributed by atoms with Gasteiger partial charge in [0.05, 0.1) is 0 Å². The van der Waals surface area contributed by atoms with Gasteiger partial charge < -0.3 is 14.4 Å². The Morgan fingerprint density at radius 2 is 2.10 bits per heavy atom. The second-order valence-electron chi connectivity index (χ2n) is 6.02. The molecule has 1 aliphatic carbocycles. The smallest absolute Gasteiger partial charge is 0.410 e. The number of hydrogen-bond acceptors (Lipinski definition) is 3. The fourth-order valence-corrected chi connectivity index (χ4v) is 3.38. The minimum absolute atomic E-state index is 0.192. The van der Waals surface area contributed by atoms with Crippen molar-refractivity contribution in [3.63, 3.8) is 0 Å². The van der Waals surface area contributed by atoms with Gasteiger partial charge in [-0.2, -0.15) is 0 Å². The molecule has 0 aromatic heterocycles. The van der Waals surface area contributed by atoms with Crippen LogP contribution in [0.15, 0.2) is 30.3 Å². The highest BCUT2D eigenvalue weighted by molar-refractivity contribution is 5.68. The number of likely N-dealkylation sites (tertiary alicyclic amines) is 1. The topological polar surface area (TPSA) is 46.6 Å². The number of amides is 1. The Labute approximate surface area is 118 Å². The van der Waals surface area contributed by atoms with Crippen molar-refractivity contribution in [1.82, 2.24) is 4.90 Å². The van der Waals surface area contributed by atoms with Crippen molar-refractivity contribution in [1.29, 1.82) is 0 Å². The van der Waals surface area contributed by atoms with Crippen LogP contribution in [-0.2, 0) is 16.1 Å². The molecule has 1 saturated heterocycles. The maximum absolute atomic E-state index is 12.0. The summed E-state index contributed by atoms with van der Waals surface area (Å²) >= 11 is 0. The lowest BCUT2D eigenvalue weighted by Gasteiger charge is -2.42. The number of nitrogens with zero attached hydrogens (tertiary/aromatic N) is 1. The van der Waals surface area contributed by atoms with Crippen molar-refractivity contribution >= 4 is 12.4 Å². The van der Waals surface area contributed by atoms with Gasteiger partial charge in [0.15, 0.2) is 0 Å². The molecule has 2 fully saturated rings. The highest BCUT2D eigenvalue weighted by Crippen LogP contribution is 2.50. The highest BCUT2D eigenvalue weighted by Gasteiger charge is 2.49. The number of rotatable bonds is 3. The molecule has 4 nitrogen and oxygen atoms in total. The predicted molar refractivity (Wildman–Crippen MR) is 74.0 cm³/mol. The Hall–Kier alpha value is -1.84. The van der Waals surface area contributed by atoms with Gasteiger partial charge in [-0.05, 0) is 30.2 Å². The maximum atomic E-state index is 12.0. The van der Waals surface area contributed by atoms with Crippen LogP contribution in [0.25, 0.3) is 0 Å². The zero-order chi connectivity index (χ0) is 14.0. The molecule has 1 aromatic rings. The van der Waals surface area contributed by atoms with Gasteiger partial charge in [0, 0.05) is 19.0 Å². The van der Waals surface area contributed by atoms with Crippen molar-refractivity contribution < 1.29 is 14.3 Å². The van der Waals surface area contributed by atoms with Gasteiger partial charge in [-0.25, -0.2) is 4.79 Å². The molecule has 4 heteroatoms. The van der Waals surface area contributed by atoms with E-state index in [1.54, 1.807) is 4.90 Å². The summed E-state index contributed by atoms with van der Waals surface area (Å²) in [4.78, 5) is 24.5. The summed E-state index contributed by atoms with van der Waals surface area (Å²) in [5, 5.41) is 0. The summed E-state index contributed by atoms with van der Waals surface area (Å²) in [6.45, 7) is 1.81. The summed E-state index contributed by atoms with van der Waals surface area (Å²) in [6, 6.07) is 9.69. The van der Waals surface area contributed by atoms with Crippen LogP contribution in [-0.4, -0.2) is 30.4 Å². The number of carbonyl (C=O) groups excluding carboxylic acids is 2. The lowest BCUT2D eigenvalue weighted by atomic mass is 9.62. The van der Waals surface area contributed by atoms with E-state index in [0.717, 1.165) is 44.2 Å². The van der Waals surface area contributed by atoms with Gasteiger partial charge in [-0.1, -0.05) is 30.3 Å². The molecule has 106 valence electrons. The van der Waals surface area contributed by atoms with E-state index in [1.807, 2.05) is 30.3 Å². The van der Waals surface area contributed by atoms with Crippen LogP contribution in [0.4, 0.5) is 4.79 Å². The lowest BCUT2D eigenvalue weighted by molar-refractivity contribution is -0.117. The van der Waals surface area contributed by atoms with Gasteiger partial charge >= 0.3 is 6.09 Å². The van der Waals surface area contributed by atoms with E-state index in [9.17, 15) is 9.59 Å². The van der Waals surface area contributed by atoms with E-state index < -0.39 is 0 Å². The van der Waals surface area contributed by atoms with Crippen LogP contribution in [0, 0.1) is 11.3 Å². The summed E-state index contributed by atoms with van der Waals surface area (Å²) in [5.74, 6) is 0.204. The second-order valence-corrected chi connectivity index (χ2v) is 6.02. The Morgan fingerprint density at radius 1 is 1.35 bits per heavy atom. The molecule has 1 spiro atoms. The van der Waals surface area contributed by atoms with E-state index in [4.69, 9.17) is 4.74 Å². The standard InChI is InChI=1S/C16H19NO3/c18-10-14-8-16(9-14)6-7-17(12-16)15(19)20-11-13-4-2-1-3-5-13/h1-5,10,14H,6-9,11-12H2. The summed E-state index contributed by atoms with van der Waals surface area (Å²) in [7, 11) is 0. The van der Waals surface area contributed by atoms with Crippen molar-refractivity contribution in [3.05, 3.63) is 35.9 Å². The molecule has 0 bridgehead atoms. The number of carbonyl (C=O) groups is 2. The zero-order valence-corrected chi connectivity index (χ0v) is 11.5. The van der Waals surface area contributed by atoms with Crippen LogP contribution in [0.5, 0.6) is 0 Å². The van der Waals surface area contributed by atoms with Gasteiger partial charge in [-0.15, -0.1) is 0 Å². The molecule has 1 amide bonds. The summed E-state index contributed by atoms with van der Waals surface area (Å²) < 4.78 is 5.34. The monoisotopic (exact) mass is 273 g/mol. The number of benzene rings is 1. The van der Waals surface area contributed by atoms with E-state index in [0.29, 0.717) is 6.61 Å². The first-order valence-electron chi connectivity index (χ1n) is 7.12. The summed E-state index contributed by atoms with van der Waals surface area (Å²) in [5.41, 5.74) is 1.19. The normalized spacial score (nSPS) is 28.2. The molecule has 1 saturated carbocycles. The molecular formula is C16H19NO3. The second kappa shape index (κ2) is 5.27. The summed E-state index contributed by atoms with van der Waals surface area (Å²) in [6.07, 6.45) is 3.66. The first-order valence-corrected chi connectivity index (χ1v) is 7.12. The molecule has 1 heterocycles. The maximum Gasteiger partial charge on any atom is 0.410 e. The van der Waals surface area contributed by atoms with Crippen LogP contribution in [0.2, 0.25) is 0 Å². The minimum Gasteiger partial charge on any atom is -0.445 e. The molecule has 0 unspecified atom stereocenters. The average molecular weight is 273 g/mol. The average Bonchev–Trinajstić information content (AvgIpc) is 2.89. The highest BCUT2D eigenvalue weighted by atomic mass is 16.6. The molecular weight excluding hydrogens is 254 g/mol. The van der Waals surface area contributed by atoms with Gasteiger partial charge in [-0.3, -0.25) is 0 Å². The zero-order valence-electron chi connectivity index (χ0n) is 11.5. The third-order valence-corrected chi connectivity index (χ3v) is 4.48. The van der Waals surface area contributed by atoms with E-state index in [2.05, 4.69) is 0 Å². The van der Waals surface area contributed by atoms with Crippen LogP contribution in [0.3, 0.4) is 0 Å². The van der Waals surface area contributed by atoms with Crippen molar-refractivity contribution in [2.45, 2.75) is 25.9 Å². The quantitative estimate of drug-likeness (QED) is 0.795. The first-order chi connectivity index (χ1) is 9.71. The molecule has 20 heavy (non-hydrogen) atoms. The van der Waals surface area contributed by atoms with Crippen molar-refractivity contribution in [2.75, 3.05) is 13.1 Å². The molecule has 3 rings (SSSR count). The fourth-order valence-electron chi connectivity index (χ4n) is 3.38. The van der Waals surface area contributed by atoms with E-state index in [1.165, 1.54) is 0 Å². The van der Waals surface area contributed by atoms with Gasteiger partial charge in [0.25, 0.3) is 0 Å². The fraction of sp³-hybridized carbons (Fsp3) is 0.500. The molecule has 0 radical (unpaired) electrons. The SMILES string of the molecule is O=CC1CC2(CCN(C(=O)OCc3ccccc3)C2)C1. The Balaban J connectivity index is 1.48. The Kier molecular flexibility index (Phi) is 3.47. The molecule has 1 aliphatic heterocycles. The van der Waals surface area contributed by atoms with Gasteiger partial charge in [0.2, 0.25) is 0 Å². The number of ether oxygens (including phenoxy) is 1. The third-order valence-electron chi connectivity index (χ3n) is 4.48. The van der Waals surface area contributed by atoms with Crippen molar-refractivity contribution in [2.24, 2.45) is 11.3 Å². The number of aldehydes is 1. The largest absolute Gasteiger partial charge is 0.445 e. The van der Waals surface area contributed by atoms with Gasteiger partial charge in [0.1, 0.15) is 12.9 Å². The molecule has 0 N–H and O–H groups in total. The molecule has 0 atom stereocenters. The molecule has 2 aliphatic rings. The van der Waals surface area contributed by atoms with E-state index >= 15 is 0 Å². The van der Waals surface area contributed by atoms with E-state index in [-0.39, 0.29) is 17.4 Å². The molecule has 1 aromatic carbocycles. The Morgan fingerprint density at radius 3 is 2.80 bits per heavy atom. The number of hydrogen-bond donors (Lipinski definition) is 0. The third kappa shape index (κ3) is 2.55. The predicted octanol–water partition coefficient (Wildman–Crippen LogP) is 2.62. The lowest BCUT2D eigenvalue weighted by Crippen LogP contribution is -2.41. The Bertz CT molecular complexity index is 494. The van der Waals surface area contributed by atoms with Crippen molar-refractivity contribution in [3.8, 4) is 0 Å². The first kappa shape index (κ1) is 13.2. The minimum atomic E-state index is -0.236.